The van der Waals surface area contributed by atoms with Crippen molar-refractivity contribution in [3.8, 4) is 0 Å². The van der Waals surface area contributed by atoms with Crippen LogP contribution < -0.4 is 5.32 Å². The fourth-order valence-electron chi connectivity index (χ4n) is 1.39. The summed E-state index contributed by atoms with van der Waals surface area (Å²) in [5, 5.41) is 2.27. The second kappa shape index (κ2) is 6.23. The molecule has 0 spiro atoms. The fraction of sp³-hybridized carbons (Fsp3) is 0.778. The number of nitrogens with zero attached hydrogens (tertiary/aromatic N) is 1. The minimum absolute atomic E-state index is 0.0338. The molecule has 0 aromatic rings. The Bertz CT molecular complexity index is 226. The first-order valence-corrected chi connectivity index (χ1v) is 4.97. The Labute approximate surface area is 88.5 Å². The molecule has 0 saturated carbocycles. The van der Waals surface area contributed by atoms with Crippen molar-refractivity contribution in [2.45, 2.75) is 19.3 Å². The van der Waals surface area contributed by atoms with Gasteiger partial charge in [-0.2, -0.15) is 0 Å². The maximum atomic E-state index is 11.4. The van der Waals surface area contributed by atoms with Crippen LogP contribution in [-0.2, 0) is 9.47 Å². The van der Waals surface area contributed by atoms with Gasteiger partial charge in [-0.1, -0.05) is 0 Å². The van der Waals surface area contributed by atoms with Crippen LogP contribution in [0.3, 0.4) is 0 Å². The minimum atomic E-state index is -0.771. The Morgan fingerprint density at radius 2 is 1.93 bits per heavy atom. The molecule has 2 amide bonds. The van der Waals surface area contributed by atoms with E-state index in [1.165, 1.54) is 12.0 Å². The Hall–Kier alpha value is -1.30. The van der Waals surface area contributed by atoms with Crippen molar-refractivity contribution in [3.63, 3.8) is 0 Å². The molecule has 1 aliphatic heterocycles. The van der Waals surface area contributed by atoms with Crippen molar-refractivity contribution in [2.75, 3.05) is 26.9 Å². The molecule has 6 heteroatoms. The van der Waals surface area contributed by atoms with Crippen molar-refractivity contribution in [1.29, 1.82) is 0 Å². The number of carbonyl (C=O) groups excluding carboxylic acids is 2. The number of hydrogen-bond donors (Lipinski definition) is 1. The number of carbonyl (C=O) groups is 2. The van der Waals surface area contributed by atoms with Gasteiger partial charge in [0.1, 0.15) is 6.73 Å². The van der Waals surface area contributed by atoms with E-state index in [0.29, 0.717) is 13.1 Å². The van der Waals surface area contributed by atoms with Gasteiger partial charge in [0.05, 0.1) is 0 Å². The summed E-state index contributed by atoms with van der Waals surface area (Å²) < 4.78 is 9.15. The van der Waals surface area contributed by atoms with Crippen LogP contribution in [-0.4, -0.2) is 44.0 Å². The van der Waals surface area contributed by atoms with E-state index in [1.807, 2.05) is 0 Å². The summed E-state index contributed by atoms with van der Waals surface area (Å²) in [6.07, 6.45) is 1.71. The molecule has 1 N–H and O–H groups in total. The van der Waals surface area contributed by atoms with E-state index in [4.69, 9.17) is 0 Å². The maximum Gasteiger partial charge on any atom is 0.418 e. The van der Waals surface area contributed by atoms with Crippen LogP contribution in [0.2, 0.25) is 0 Å². The molecule has 0 aromatic carbocycles. The van der Waals surface area contributed by atoms with E-state index < -0.39 is 12.2 Å². The summed E-state index contributed by atoms with van der Waals surface area (Å²) in [5.74, 6) is 0. The Kier molecular flexibility index (Phi) is 4.89. The lowest BCUT2D eigenvalue weighted by Gasteiger charge is -2.25. The van der Waals surface area contributed by atoms with Gasteiger partial charge in [-0.05, 0) is 19.3 Å². The van der Waals surface area contributed by atoms with Crippen LogP contribution in [0.4, 0.5) is 9.59 Å². The van der Waals surface area contributed by atoms with Crippen molar-refractivity contribution in [1.82, 2.24) is 10.2 Å². The predicted octanol–water partition coefficient (Wildman–Crippen LogP) is 0.922. The standard InChI is InChI=1S/C9H16N2O4/c1-14-7-10-8(12)15-9(13)11-5-3-2-4-6-11/h2-7H2,1H3,(H,10,12). The molecule has 0 atom stereocenters. The van der Waals surface area contributed by atoms with Crippen LogP contribution in [0.25, 0.3) is 0 Å². The summed E-state index contributed by atoms with van der Waals surface area (Å²) in [4.78, 5) is 23.9. The Balaban J connectivity index is 2.24. The number of nitrogens with one attached hydrogen (secondary N) is 1. The van der Waals surface area contributed by atoms with Crippen LogP contribution in [0.5, 0.6) is 0 Å². The van der Waals surface area contributed by atoms with Crippen molar-refractivity contribution >= 4 is 12.2 Å². The van der Waals surface area contributed by atoms with E-state index in [-0.39, 0.29) is 6.73 Å². The monoisotopic (exact) mass is 216 g/mol. The number of ether oxygens (including phenoxy) is 2. The van der Waals surface area contributed by atoms with Crippen LogP contribution >= 0.6 is 0 Å². The van der Waals surface area contributed by atoms with Gasteiger partial charge in [0.2, 0.25) is 0 Å². The lowest BCUT2D eigenvalue weighted by atomic mass is 10.1. The summed E-state index contributed by atoms with van der Waals surface area (Å²) in [6, 6.07) is 0. The number of likely N-dealkylation sites (tertiary alicyclic amines) is 1. The molecule has 1 rings (SSSR count). The molecule has 1 saturated heterocycles. The van der Waals surface area contributed by atoms with Gasteiger partial charge in [-0.3, -0.25) is 5.32 Å². The SMILES string of the molecule is COCNC(=O)OC(=O)N1CCCCC1. The van der Waals surface area contributed by atoms with E-state index in [0.717, 1.165) is 19.3 Å². The second-order valence-electron chi connectivity index (χ2n) is 3.31. The lowest BCUT2D eigenvalue weighted by Crippen LogP contribution is -2.39. The topological polar surface area (TPSA) is 67.9 Å². The van der Waals surface area contributed by atoms with E-state index >= 15 is 0 Å². The average molecular weight is 216 g/mol. The molecule has 1 fully saturated rings. The quantitative estimate of drug-likeness (QED) is 0.550. The molecule has 0 bridgehead atoms. The number of piperidine rings is 1. The molecule has 0 aliphatic carbocycles. The molecule has 0 aromatic heterocycles. The highest BCUT2D eigenvalue weighted by molar-refractivity contribution is 5.83. The number of alkyl carbamates (subject to hydrolysis) is 1. The van der Waals surface area contributed by atoms with Gasteiger partial charge in [-0.25, -0.2) is 9.59 Å². The fourth-order valence-corrected chi connectivity index (χ4v) is 1.39. The Morgan fingerprint density at radius 1 is 1.27 bits per heavy atom. The van der Waals surface area contributed by atoms with Crippen LogP contribution in [0, 0.1) is 0 Å². The maximum absolute atomic E-state index is 11.4. The smallest absolute Gasteiger partial charge is 0.364 e. The van der Waals surface area contributed by atoms with Gasteiger partial charge in [0.25, 0.3) is 0 Å². The third-order valence-corrected chi connectivity index (χ3v) is 2.16. The molecule has 1 heterocycles. The third kappa shape index (κ3) is 4.16. The summed E-state index contributed by atoms with van der Waals surface area (Å²) >= 11 is 0. The van der Waals surface area contributed by atoms with Crippen molar-refractivity contribution < 1.29 is 19.1 Å². The minimum Gasteiger partial charge on any atom is -0.364 e. The molecular weight excluding hydrogens is 200 g/mol. The van der Waals surface area contributed by atoms with Gasteiger partial charge in [-0.15, -0.1) is 0 Å². The zero-order chi connectivity index (χ0) is 11.1. The summed E-state index contributed by atoms with van der Waals surface area (Å²) in [6.45, 7) is 1.36. The van der Waals surface area contributed by atoms with Crippen LogP contribution in [0.15, 0.2) is 0 Å². The Morgan fingerprint density at radius 3 is 2.53 bits per heavy atom. The summed E-state index contributed by atoms with van der Waals surface area (Å²) in [5.41, 5.74) is 0. The predicted molar refractivity (Wildman–Crippen MR) is 52.3 cm³/mol. The first-order chi connectivity index (χ1) is 7.24. The van der Waals surface area contributed by atoms with Gasteiger partial charge in [0, 0.05) is 20.2 Å². The zero-order valence-corrected chi connectivity index (χ0v) is 8.82. The molecule has 1 aliphatic rings. The van der Waals surface area contributed by atoms with Gasteiger partial charge in [0.15, 0.2) is 0 Å². The van der Waals surface area contributed by atoms with E-state index in [9.17, 15) is 9.59 Å². The summed E-state index contributed by atoms with van der Waals surface area (Å²) in [7, 11) is 1.44. The number of hydrogen-bond acceptors (Lipinski definition) is 4. The zero-order valence-electron chi connectivity index (χ0n) is 8.82. The van der Waals surface area contributed by atoms with Crippen LogP contribution in [0.1, 0.15) is 19.3 Å². The van der Waals surface area contributed by atoms with Crippen molar-refractivity contribution in [3.05, 3.63) is 0 Å². The molecule has 0 unspecified atom stereocenters. The number of methoxy groups -OCH3 is 1. The molecule has 0 radical (unpaired) electrons. The lowest BCUT2D eigenvalue weighted by molar-refractivity contribution is 0.101. The number of rotatable bonds is 2. The third-order valence-electron chi connectivity index (χ3n) is 2.16. The highest BCUT2D eigenvalue weighted by atomic mass is 16.6. The van der Waals surface area contributed by atoms with Gasteiger partial charge >= 0.3 is 12.2 Å². The first-order valence-electron chi connectivity index (χ1n) is 4.97. The first kappa shape index (κ1) is 11.8. The van der Waals surface area contributed by atoms with Crippen molar-refractivity contribution in [2.24, 2.45) is 0 Å². The molecule has 86 valence electrons. The molecule has 15 heavy (non-hydrogen) atoms. The molecule has 6 nitrogen and oxygen atoms in total. The highest BCUT2D eigenvalue weighted by Gasteiger charge is 2.20. The largest absolute Gasteiger partial charge is 0.418 e. The normalized spacial score (nSPS) is 15.9. The van der Waals surface area contributed by atoms with Gasteiger partial charge < -0.3 is 14.4 Å². The average Bonchev–Trinajstić information content (AvgIpc) is 2.27. The second-order valence-corrected chi connectivity index (χ2v) is 3.31. The number of amides is 2. The van der Waals surface area contributed by atoms with E-state index in [1.54, 1.807) is 0 Å². The highest BCUT2D eigenvalue weighted by Crippen LogP contribution is 2.09. The molecular formula is C9H16N2O4. The van der Waals surface area contributed by atoms with E-state index in [2.05, 4.69) is 14.8 Å².